The van der Waals surface area contributed by atoms with Crippen molar-refractivity contribution in [2.24, 2.45) is 0 Å². The molecule has 2 N–H and O–H groups in total. The molecule has 7 nitrogen and oxygen atoms in total. The van der Waals surface area contributed by atoms with Crippen LogP contribution in [0.15, 0.2) is 47.4 Å². The molecule has 2 rings (SSSR count). The summed E-state index contributed by atoms with van der Waals surface area (Å²) in [5.74, 6) is -0.488. The normalized spacial score (nSPS) is 12.9. The molecule has 11 heteroatoms. The first-order valence-electron chi connectivity index (χ1n) is 8.21. The predicted octanol–water partition coefficient (Wildman–Crippen LogP) is 3.03. The zero-order valence-electron chi connectivity index (χ0n) is 15.7. The van der Waals surface area contributed by atoms with E-state index in [2.05, 4.69) is 10.0 Å². The molecule has 0 aliphatic carbocycles. The smallest absolute Gasteiger partial charge is 0.418 e. The molecule has 158 valence electrons. The first kappa shape index (κ1) is 22.5. The summed E-state index contributed by atoms with van der Waals surface area (Å²) >= 11 is 0. The quantitative estimate of drug-likeness (QED) is 0.702. The van der Waals surface area contributed by atoms with Crippen LogP contribution in [0.3, 0.4) is 0 Å². The number of carbonyl (C=O) groups is 1. The van der Waals surface area contributed by atoms with E-state index in [1.165, 1.54) is 51.5 Å². The highest BCUT2D eigenvalue weighted by molar-refractivity contribution is 7.89. The van der Waals surface area contributed by atoms with E-state index >= 15 is 0 Å². The van der Waals surface area contributed by atoms with E-state index in [9.17, 15) is 26.4 Å². The minimum atomic E-state index is -4.67. The summed E-state index contributed by atoms with van der Waals surface area (Å²) < 4.78 is 76.4. The van der Waals surface area contributed by atoms with E-state index in [0.717, 1.165) is 12.1 Å². The lowest BCUT2D eigenvalue weighted by molar-refractivity contribution is -0.137. The number of nitrogens with one attached hydrogen (secondary N) is 2. The molecular formula is C18H19F3N2O5S. The van der Waals surface area contributed by atoms with Crippen LogP contribution < -0.4 is 19.5 Å². The molecule has 2 aromatic rings. The van der Waals surface area contributed by atoms with Crippen LogP contribution in [0.4, 0.5) is 18.9 Å². The Hall–Kier alpha value is -2.79. The molecule has 1 amide bonds. The highest BCUT2D eigenvalue weighted by Gasteiger charge is 2.34. The Morgan fingerprint density at radius 3 is 2.24 bits per heavy atom. The van der Waals surface area contributed by atoms with Crippen molar-refractivity contribution in [3.05, 3.63) is 48.0 Å². The molecule has 0 saturated carbocycles. The Bertz CT molecular complexity index is 993. The van der Waals surface area contributed by atoms with E-state index < -0.39 is 39.4 Å². The first-order valence-corrected chi connectivity index (χ1v) is 9.69. The largest absolute Gasteiger partial charge is 0.493 e. The van der Waals surface area contributed by atoms with Crippen molar-refractivity contribution in [1.82, 2.24) is 4.72 Å². The average Bonchev–Trinajstić information content (AvgIpc) is 2.66. The predicted molar refractivity (Wildman–Crippen MR) is 99.4 cm³/mol. The Balaban J connectivity index is 2.19. The van der Waals surface area contributed by atoms with Gasteiger partial charge in [0.15, 0.2) is 11.5 Å². The van der Waals surface area contributed by atoms with E-state index in [1.54, 1.807) is 0 Å². The number of carbonyl (C=O) groups excluding carboxylic acids is 1. The molecule has 0 unspecified atom stereocenters. The molecule has 2 aromatic carbocycles. The van der Waals surface area contributed by atoms with Crippen LogP contribution in [0, 0.1) is 0 Å². The maximum absolute atomic E-state index is 13.0. The lowest BCUT2D eigenvalue weighted by Crippen LogP contribution is -2.41. The Morgan fingerprint density at radius 1 is 1.03 bits per heavy atom. The van der Waals surface area contributed by atoms with E-state index in [-0.39, 0.29) is 10.6 Å². The van der Waals surface area contributed by atoms with Crippen LogP contribution in [-0.4, -0.2) is 34.6 Å². The molecule has 0 aliphatic rings. The summed E-state index contributed by atoms with van der Waals surface area (Å²) in [5, 5.41) is 2.10. The number of alkyl halides is 3. The molecule has 1 atom stereocenters. The highest BCUT2D eigenvalue weighted by atomic mass is 32.2. The number of amides is 1. The maximum atomic E-state index is 13.0. The van der Waals surface area contributed by atoms with Crippen LogP contribution in [0.1, 0.15) is 12.5 Å². The Kier molecular flexibility index (Phi) is 6.75. The van der Waals surface area contributed by atoms with Crippen molar-refractivity contribution in [3.63, 3.8) is 0 Å². The number of benzene rings is 2. The third-order valence-corrected chi connectivity index (χ3v) is 5.42. The molecule has 0 radical (unpaired) electrons. The van der Waals surface area contributed by atoms with Gasteiger partial charge in [0.1, 0.15) is 0 Å². The van der Waals surface area contributed by atoms with Gasteiger partial charge in [0.25, 0.3) is 0 Å². The second-order valence-electron chi connectivity index (χ2n) is 5.89. The van der Waals surface area contributed by atoms with Crippen molar-refractivity contribution in [1.29, 1.82) is 0 Å². The molecule has 0 bridgehead atoms. The zero-order chi connectivity index (χ0) is 21.8. The number of anilines is 1. The lowest BCUT2D eigenvalue weighted by Gasteiger charge is -2.17. The van der Waals surface area contributed by atoms with E-state index in [4.69, 9.17) is 9.47 Å². The Labute approximate surface area is 165 Å². The maximum Gasteiger partial charge on any atom is 0.418 e. The zero-order valence-corrected chi connectivity index (χ0v) is 16.5. The van der Waals surface area contributed by atoms with E-state index in [1.807, 2.05) is 0 Å². The number of hydrogen-bond donors (Lipinski definition) is 2. The van der Waals surface area contributed by atoms with Crippen molar-refractivity contribution in [2.75, 3.05) is 19.5 Å². The van der Waals surface area contributed by atoms with E-state index in [0.29, 0.717) is 5.75 Å². The van der Waals surface area contributed by atoms with Gasteiger partial charge in [0.2, 0.25) is 15.9 Å². The first-order chi connectivity index (χ1) is 13.5. The highest BCUT2D eigenvalue weighted by Crippen LogP contribution is 2.34. The van der Waals surface area contributed by atoms with Crippen molar-refractivity contribution in [3.8, 4) is 11.5 Å². The topological polar surface area (TPSA) is 93.7 Å². The number of halogens is 3. The monoisotopic (exact) mass is 432 g/mol. The van der Waals surface area contributed by atoms with Crippen molar-refractivity contribution < 1.29 is 35.9 Å². The molecule has 29 heavy (non-hydrogen) atoms. The summed E-state index contributed by atoms with van der Waals surface area (Å²) in [4.78, 5) is 12.1. The molecule has 0 spiro atoms. The molecule has 0 aliphatic heterocycles. The second-order valence-corrected chi connectivity index (χ2v) is 7.61. The molecule has 0 saturated heterocycles. The SMILES string of the molecule is COc1ccc(S(=O)(=O)N[C@H](C)C(=O)Nc2ccccc2C(F)(F)F)cc1OC. The van der Waals surface area contributed by atoms with Crippen molar-refractivity contribution in [2.45, 2.75) is 24.0 Å². The summed E-state index contributed by atoms with van der Waals surface area (Å²) in [6, 6.07) is 6.86. The van der Waals surface area contributed by atoms with Crippen LogP contribution in [0.5, 0.6) is 11.5 Å². The van der Waals surface area contributed by atoms with Gasteiger partial charge in [0.05, 0.1) is 36.4 Å². The van der Waals surface area contributed by atoms with Gasteiger partial charge in [-0.2, -0.15) is 17.9 Å². The third-order valence-electron chi connectivity index (χ3n) is 3.88. The lowest BCUT2D eigenvalue weighted by atomic mass is 10.1. The molecule has 0 aromatic heterocycles. The Morgan fingerprint density at radius 2 is 1.66 bits per heavy atom. The van der Waals surface area contributed by atoms with Gasteiger partial charge in [-0.05, 0) is 31.2 Å². The van der Waals surface area contributed by atoms with Gasteiger partial charge in [-0.25, -0.2) is 8.42 Å². The van der Waals surface area contributed by atoms with Gasteiger partial charge in [-0.3, -0.25) is 4.79 Å². The fourth-order valence-corrected chi connectivity index (χ4v) is 3.64. The standard InChI is InChI=1S/C18H19F3N2O5S/c1-11(17(24)22-14-7-5-4-6-13(14)18(19,20)21)23-29(25,26)12-8-9-15(27-2)16(10-12)28-3/h4-11,23H,1-3H3,(H,22,24)/t11-/m1/s1. The number of methoxy groups -OCH3 is 2. The molecular weight excluding hydrogens is 413 g/mol. The number of hydrogen-bond acceptors (Lipinski definition) is 5. The molecule has 0 heterocycles. The van der Waals surface area contributed by atoms with Crippen LogP contribution >= 0.6 is 0 Å². The molecule has 0 fully saturated rings. The number of para-hydroxylation sites is 1. The van der Waals surface area contributed by atoms with Gasteiger partial charge >= 0.3 is 6.18 Å². The summed E-state index contributed by atoms with van der Waals surface area (Å²) in [5.41, 5.74) is -1.51. The average molecular weight is 432 g/mol. The minimum Gasteiger partial charge on any atom is -0.493 e. The fourth-order valence-electron chi connectivity index (χ4n) is 2.42. The van der Waals surface area contributed by atoms with Gasteiger partial charge < -0.3 is 14.8 Å². The second kappa shape index (κ2) is 8.70. The van der Waals surface area contributed by atoms with Crippen molar-refractivity contribution >= 4 is 21.6 Å². The number of ether oxygens (including phenoxy) is 2. The fraction of sp³-hybridized carbons (Fsp3) is 0.278. The summed E-state index contributed by atoms with van der Waals surface area (Å²) in [7, 11) is -1.45. The van der Waals surface area contributed by atoms with Crippen LogP contribution in [0.2, 0.25) is 0 Å². The number of rotatable bonds is 7. The van der Waals surface area contributed by atoms with Gasteiger partial charge in [0, 0.05) is 6.07 Å². The van der Waals surface area contributed by atoms with Gasteiger partial charge in [-0.1, -0.05) is 12.1 Å². The summed E-state index contributed by atoms with van der Waals surface area (Å²) in [6.45, 7) is 1.21. The van der Waals surface area contributed by atoms with Gasteiger partial charge in [-0.15, -0.1) is 0 Å². The minimum absolute atomic E-state index is 0.159. The van der Waals surface area contributed by atoms with Crippen LogP contribution in [0.25, 0.3) is 0 Å². The number of sulfonamides is 1. The summed E-state index contributed by atoms with van der Waals surface area (Å²) in [6.07, 6.45) is -4.67. The third kappa shape index (κ3) is 5.39. The van der Waals surface area contributed by atoms with Crippen LogP contribution in [-0.2, 0) is 21.0 Å².